The van der Waals surface area contributed by atoms with Crippen LogP contribution in [0.2, 0.25) is 5.02 Å². The predicted molar refractivity (Wildman–Crippen MR) is 86.0 cm³/mol. The fourth-order valence-electron chi connectivity index (χ4n) is 1.82. The Kier molecular flexibility index (Phi) is 5.95. The van der Waals surface area contributed by atoms with E-state index in [2.05, 4.69) is 31.1 Å². The van der Waals surface area contributed by atoms with Crippen molar-refractivity contribution in [3.63, 3.8) is 0 Å². The number of amides is 1. The smallest absolute Gasteiger partial charge is 0.387 e. The van der Waals surface area contributed by atoms with Gasteiger partial charge in [0.15, 0.2) is 0 Å². The van der Waals surface area contributed by atoms with Gasteiger partial charge in [0.1, 0.15) is 5.75 Å². The van der Waals surface area contributed by atoms with Crippen molar-refractivity contribution in [1.82, 2.24) is 9.78 Å². The van der Waals surface area contributed by atoms with Crippen LogP contribution in [0.5, 0.6) is 5.75 Å². The molecule has 1 aromatic heterocycles. The fourth-order valence-corrected chi connectivity index (χ4v) is 2.36. The number of rotatable bonds is 6. The monoisotopic (exact) mass is 407 g/mol. The molecule has 0 saturated heterocycles. The summed E-state index contributed by atoms with van der Waals surface area (Å²) in [6.45, 7) is -0.686. The van der Waals surface area contributed by atoms with Crippen molar-refractivity contribution in [3.05, 3.63) is 39.6 Å². The van der Waals surface area contributed by atoms with E-state index in [1.54, 1.807) is 10.9 Å². The Balaban J connectivity index is 1.91. The van der Waals surface area contributed by atoms with Crippen molar-refractivity contribution >= 4 is 39.1 Å². The summed E-state index contributed by atoms with van der Waals surface area (Å²) in [5.41, 5.74) is 1.24. The number of aromatic nitrogens is 2. The standard InChI is InChI=1S/C14H13BrClF2N3O2/c1-8-10(15)7-21(20-8)5-4-13(22)19-9-2-3-12(11(16)6-9)23-14(17)18/h2-3,6-7,14H,4-5H2,1H3,(H,19,22). The Morgan fingerprint density at radius 3 is 2.83 bits per heavy atom. The molecule has 0 saturated carbocycles. The quantitative estimate of drug-likeness (QED) is 0.778. The number of hydrogen-bond donors (Lipinski definition) is 1. The highest BCUT2D eigenvalue weighted by Gasteiger charge is 2.11. The summed E-state index contributed by atoms with van der Waals surface area (Å²) >= 11 is 9.17. The molecule has 0 bridgehead atoms. The molecule has 0 aliphatic rings. The zero-order chi connectivity index (χ0) is 17.0. The first-order valence-electron chi connectivity index (χ1n) is 6.59. The first-order chi connectivity index (χ1) is 10.8. The molecule has 0 radical (unpaired) electrons. The van der Waals surface area contributed by atoms with Crippen molar-refractivity contribution in [2.75, 3.05) is 5.32 Å². The van der Waals surface area contributed by atoms with Crippen LogP contribution in [0.4, 0.5) is 14.5 Å². The van der Waals surface area contributed by atoms with Crippen molar-refractivity contribution in [2.45, 2.75) is 26.5 Å². The second-order valence-corrected chi connectivity index (χ2v) is 5.91. The van der Waals surface area contributed by atoms with E-state index >= 15 is 0 Å². The molecule has 1 aromatic carbocycles. The van der Waals surface area contributed by atoms with Crippen LogP contribution < -0.4 is 10.1 Å². The summed E-state index contributed by atoms with van der Waals surface area (Å²) in [6, 6.07) is 4.07. The zero-order valence-corrected chi connectivity index (χ0v) is 14.4. The molecule has 0 aliphatic carbocycles. The SMILES string of the molecule is Cc1nn(CCC(=O)Nc2ccc(OC(F)F)c(Cl)c2)cc1Br. The zero-order valence-electron chi connectivity index (χ0n) is 12.0. The van der Waals surface area contributed by atoms with E-state index in [9.17, 15) is 13.6 Å². The minimum atomic E-state index is -2.95. The third-order valence-electron chi connectivity index (χ3n) is 2.89. The van der Waals surface area contributed by atoms with Gasteiger partial charge in [-0.1, -0.05) is 11.6 Å². The van der Waals surface area contributed by atoms with Crippen LogP contribution >= 0.6 is 27.5 Å². The first kappa shape index (κ1) is 17.7. The molecule has 0 aliphatic heterocycles. The Morgan fingerprint density at radius 2 is 2.26 bits per heavy atom. The van der Waals surface area contributed by atoms with Crippen molar-refractivity contribution in [1.29, 1.82) is 0 Å². The normalized spacial score (nSPS) is 10.9. The Morgan fingerprint density at radius 1 is 1.52 bits per heavy atom. The highest BCUT2D eigenvalue weighted by molar-refractivity contribution is 9.10. The topological polar surface area (TPSA) is 56.2 Å². The molecule has 0 fully saturated rings. The molecule has 2 rings (SSSR count). The number of alkyl halides is 2. The van der Waals surface area contributed by atoms with Crippen LogP contribution in [0.1, 0.15) is 12.1 Å². The minimum absolute atomic E-state index is 0.00488. The van der Waals surface area contributed by atoms with Crippen LogP contribution in [-0.4, -0.2) is 22.3 Å². The van der Waals surface area contributed by atoms with Gasteiger partial charge in [0, 0.05) is 24.8 Å². The number of nitrogens with zero attached hydrogens (tertiary/aromatic N) is 2. The maximum atomic E-state index is 12.1. The summed E-state index contributed by atoms with van der Waals surface area (Å²) in [5.74, 6) is -0.385. The van der Waals surface area contributed by atoms with Gasteiger partial charge >= 0.3 is 6.61 Å². The highest BCUT2D eigenvalue weighted by atomic mass is 79.9. The number of halogens is 4. The molecular formula is C14H13BrClF2N3O2. The molecule has 23 heavy (non-hydrogen) atoms. The first-order valence-corrected chi connectivity index (χ1v) is 7.76. The number of hydrogen-bond acceptors (Lipinski definition) is 3. The Labute approximate surface area is 144 Å². The van der Waals surface area contributed by atoms with E-state index < -0.39 is 6.61 Å². The molecule has 124 valence electrons. The second kappa shape index (κ2) is 7.74. The largest absolute Gasteiger partial charge is 0.433 e. The molecule has 1 amide bonds. The number of ether oxygens (including phenoxy) is 1. The molecule has 0 spiro atoms. The van der Waals surface area contributed by atoms with Gasteiger partial charge < -0.3 is 10.1 Å². The van der Waals surface area contributed by atoms with E-state index in [1.165, 1.54) is 18.2 Å². The number of aryl methyl sites for hydroxylation is 2. The average Bonchev–Trinajstić information content (AvgIpc) is 2.78. The lowest BCUT2D eigenvalue weighted by Crippen LogP contribution is -2.15. The number of benzene rings is 1. The van der Waals surface area contributed by atoms with E-state index in [0.29, 0.717) is 12.2 Å². The van der Waals surface area contributed by atoms with Gasteiger partial charge in [-0.15, -0.1) is 0 Å². The van der Waals surface area contributed by atoms with Gasteiger partial charge in [0.25, 0.3) is 0 Å². The van der Waals surface area contributed by atoms with Crippen LogP contribution in [0.15, 0.2) is 28.9 Å². The molecule has 0 atom stereocenters. The Hall–Kier alpha value is -1.67. The van der Waals surface area contributed by atoms with E-state index in [0.717, 1.165) is 10.2 Å². The van der Waals surface area contributed by atoms with E-state index in [4.69, 9.17) is 11.6 Å². The van der Waals surface area contributed by atoms with E-state index in [1.807, 2.05) is 6.92 Å². The molecule has 2 aromatic rings. The summed E-state index contributed by atoms with van der Waals surface area (Å²) in [6.07, 6.45) is 2.00. The molecular weight excluding hydrogens is 396 g/mol. The van der Waals surface area contributed by atoms with Gasteiger partial charge in [0.05, 0.1) is 15.2 Å². The fraction of sp³-hybridized carbons (Fsp3) is 0.286. The van der Waals surface area contributed by atoms with Gasteiger partial charge in [-0.25, -0.2) is 0 Å². The number of carbonyl (C=O) groups is 1. The maximum Gasteiger partial charge on any atom is 0.387 e. The van der Waals surface area contributed by atoms with Crippen LogP contribution in [0.25, 0.3) is 0 Å². The number of nitrogens with one attached hydrogen (secondary N) is 1. The summed E-state index contributed by atoms with van der Waals surface area (Å²) < 4.78 is 31.0. The maximum absolute atomic E-state index is 12.1. The third-order valence-corrected chi connectivity index (χ3v) is 3.96. The molecule has 1 N–H and O–H groups in total. The summed E-state index contributed by atoms with van der Waals surface area (Å²) in [7, 11) is 0. The third kappa shape index (κ3) is 5.18. The van der Waals surface area contributed by atoms with E-state index in [-0.39, 0.29) is 23.1 Å². The number of anilines is 1. The lowest BCUT2D eigenvalue weighted by molar-refractivity contribution is -0.116. The van der Waals surface area contributed by atoms with Crippen LogP contribution in [-0.2, 0) is 11.3 Å². The molecule has 1 heterocycles. The van der Waals surface area contributed by atoms with Gasteiger partial charge in [-0.05, 0) is 41.1 Å². The van der Waals surface area contributed by atoms with Crippen molar-refractivity contribution in [2.24, 2.45) is 0 Å². The summed E-state index contributed by atoms with van der Waals surface area (Å²) in [4.78, 5) is 11.9. The Bertz CT molecular complexity index is 690. The number of carbonyl (C=O) groups excluding carboxylic acids is 1. The van der Waals surface area contributed by atoms with Crippen molar-refractivity contribution < 1.29 is 18.3 Å². The molecule has 0 unspecified atom stereocenters. The van der Waals surface area contributed by atoms with Gasteiger partial charge in [-0.2, -0.15) is 13.9 Å². The predicted octanol–water partition coefficient (Wildman–Crippen LogP) is 4.24. The molecule has 5 nitrogen and oxygen atoms in total. The van der Waals surface area contributed by atoms with Crippen LogP contribution in [0.3, 0.4) is 0 Å². The highest BCUT2D eigenvalue weighted by Crippen LogP contribution is 2.29. The summed E-state index contributed by atoms with van der Waals surface area (Å²) in [5, 5.41) is 6.85. The second-order valence-electron chi connectivity index (χ2n) is 4.65. The minimum Gasteiger partial charge on any atom is -0.433 e. The van der Waals surface area contributed by atoms with Gasteiger partial charge in [0.2, 0.25) is 5.91 Å². The van der Waals surface area contributed by atoms with Crippen LogP contribution in [0, 0.1) is 6.92 Å². The molecule has 9 heteroatoms. The average molecular weight is 409 g/mol. The lowest BCUT2D eigenvalue weighted by Gasteiger charge is -2.09. The van der Waals surface area contributed by atoms with Crippen molar-refractivity contribution in [3.8, 4) is 5.75 Å². The van der Waals surface area contributed by atoms with Gasteiger partial charge in [-0.3, -0.25) is 9.48 Å². The lowest BCUT2D eigenvalue weighted by atomic mass is 10.3.